The van der Waals surface area contributed by atoms with Gasteiger partial charge in [0.1, 0.15) is 0 Å². The van der Waals surface area contributed by atoms with E-state index in [1.54, 1.807) is 11.3 Å². The molecule has 0 atom stereocenters. The van der Waals surface area contributed by atoms with Crippen LogP contribution in [0.15, 0.2) is 18.2 Å². The summed E-state index contributed by atoms with van der Waals surface area (Å²) in [5.41, 5.74) is 6.37. The van der Waals surface area contributed by atoms with Gasteiger partial charge in [0.2, 0.25) is 5.91 Å². The van der Waals surface area contributed by atoms with Crippen LogP contribution in [-0.2, 0) is 11.3 Å². The van der Waals surface area contributed by atoms with E-state index in [0.29, 0.717) is 6.54 Å². The van der Waals surface area contributed by atoms with Crippen LogP contribution in [0.2, 0.25) is 5.02 Å². The number of nitrogens with two attached hydrogens (primary N) is 1. The summed E-state index contributed by atoms with van der Waals surface area (Å²) in [7, 11) is 0. The maximum Gasteiger partial charge on any atom is 0.221 e. The number of amides is 1. The summed E-state index contributed by atoms with van der Waals surface area (Å²) in [6, 6.07) is 5.65. The van der Waals surface area contributed by atoms with Gasteiger partial charge in [-0.2, -0.15) is 0 Å². The maximum absolute atomic E-state index is 10.9. The molecule has 16 heavy (non-hydrogen) atoms. The average molecular weight is 255 g/mol. The molecule has 5 heteroatoms. The number of hydrogen-bond acceptors (Lipinski definition) is 3. The first-order chi connectivity index (χ1) is 7.61. The number of thiophene rings is 1. The first kappa shape index (κ1) is 11.4. The quantitative estimate of drug-likeness (QED) is 0.866. The lowest BCUT2D eigenvalue weighted by Crippen LogP contribution is -2.04. The van der Waals surface area contributed by atoms with Gasteiger partial charge < -0.3 is 11.1 Å². The molecular weight excluding hydrogens is 244 g/mol. The van der Waals surface area contributed by atoms with Crippen molar-refractivity contribution in [2.75, 3.05) is 5.32 Å². The first-order valence-corrected chi connectivity index (χ1v) is 6.00. The van der Waals surface area contributed by atoms with E-state index in [2.05, 4.69) is 5.32 Å². The molecule has 0 bridgehead atoms. The molecule has 0 fully saturated rings. The topological polar surface area (TPSA) is 55.1 Å². The van der Waals surface area contributed by atoms with E-state index in [1.807, 2.05) is 18.2 Å². The number of fused-ring (bicyclic) bond motifs is 1. The van der Waals surface area contributed by atoms with Crippen LogP contribution in [-0.4, -0.2) is 5.91 Å². The van der Waals surface area contributed by atoms with Crippen LogP contribution in [0.4, 0.5) is 5.69 Å². The minimum absolute atomic E-state index is 0.0824. The number of halogens is 1. The van der Waals surface area contributed by atoms with E-state index in [0.717, 1.165) is 25.7 Å². The molecule has 1 heterocycles. The number of nitrogens with one attached hydrogen (secondary N) is 1. The average Bonchev–Trinajstić information content (AvgIpc) is 2.54. The van der Waals surface area contributed by atoms with Crippen molar-refractivity contribution >= 4 is 44.6 Å². The Morgan fingerprint density at radius 2 is 2.31 bits per heavy atom. The van der Waals surface area contributed by atoms with Gasteiger partial charge in [-0.1, -0.05) is 11.6 Å². The van der Waals surface area contributed by atoms with Gasteiger partial charge >= 0.3 is 0 Å². The molecular formula is C11H11ClN2OS. The molecule has 1 aromatic carbocycles. The molecule has 0 aliphatic rings. The monoisotopic (exact) mass is 254 g/mol. The Morgan fingerprint density at radius 1 is 1.56 bits per heavy atom. The zero-order chi connectivity index (χ0) is 11.7. The van der Waals surface area contributed by atoms with Crippen molar-refractivity contribution in [3.8, 4) is 0 Å². The summed E-state index contributed by atoms with van der Waals surface area (Å²) < 4.78 is 1.04. The molecule has 0 aliphatic heterocycles. The van der Waals surface area contributed by atoms with Crippen molar-refractivity contribution in [2.24, 2.45) is 5.73 Å². The van der Waals surface area contributed by atoms with Crippen LogP contribution in [0.25, 0.3) is 10.1 Å². The van der Waals surface area contributed by atoms with Gasteiger partial charge in [-0.05, 0) is 18.2 Å². The highest BCUT2D eigenvalue weighted by atomic mass is 35.5. The maximum atomic E-state index is 10.9. The third-order valence-corrected chi connectivity index (χ3v) is 3.92. The molecule has 3 N–H and O–H groups in total. The van der Waals surface area contributed by atoms with Crippen molar-refractivity contribution in [1.82, 2.24) is 0 Å². The zero-order valence-corrected chi connectivity index (χ0v) is 10.3. The number of carbonyl (C=O) groups excluding carboxylic acids is 1. The molecule has 84 valence electrons. The van der Waals surface area contributed by atoms with Crippen LogP contribution >= 0.6 is 22.9 Å². The number of hydrogen-bond donors (Lipinski definition) is 2. The second-order valence-corrected chi connectivity index (χ2v) is 4.95. The minimum Gasteiger partial charge on any atom is -0.326 e. The van der Waals surface area contributed by atoms with E-state index in [-0.39, 0.29) is 5.91 Å². The Morgan fingerprint density at radius 3 is 2.94 bits per heavy atom. The summed E-state index contributed by atoms with van der Waals surface area (Å²) >= 11 is 7.72. The van der Waals surface area contributed by atoms with E-state index < -0.39 is 0 Å². The molecule has 0 spiro atoms. The number of benzene rings is 1. The first-order valence-electron chi connectivity index (χ1n) is 4.80. The normalized spacial score (nSPS) is 10.7. The molecule has 2 aromatic rings. The summed E-state index contributed by atoms with van der Waals surface area (Å²) in [4.78, 5) is 11.9. The van der Waals surface area contributed by atoms with Crippen LogP contribution < -0.4 is 11.1 Å². The third kappa shape index (κ3) is 2.04. The summed E-state index contributed by atoms with van der Waals surface area (Å²) in [6.07, 6.45) is 0. The number of carbonyl (C=O) groups is 1. The number of anilines is 1. The van der Waals surface area contributed by atoms with Crippen LogP contribution in [0.1, 0.15) is 11.8 Å². The van der Waals surface area contributed by atoms with E-state index in [4.69, 9.17) is 17.3 Å². The largest absolute Gasteiger partial charge is 0.326 e. The molecule has 0 radical (unpaired) electrons. The number of rotatable bonds is 2. The van der Waals surface area contributed by atoms with Crippen LogP contribution in [0, 0.1) is 0 Å². The molecule has 0 saturated carbocycles. The van der Waals surface area contributed by atoms with E-state index >= 15 is 0 Å². The van der Waals surface area contributed by atoms with Crippen LogP contribution in [0.5, 0.6) is 0 Å². The van der Waals surface area contributed by atoms with Gasteiger partial charge in [0.05, 0.1) is 5.02 Å². The smallest absolute Gasteiger partial charge is 0.221 e. The fourth-order valence-corrected chi connectivity index (χ4v) is 2.96. The Balaban J connectivity index is 2.50. The van der Waals surface area contributed by atoms with Gasteiger partial charge in [0, 0.05) is 34.1 Å². The molecule has 1 aromatic heterocycles. The van der Waals surface area contributed by atoms with Crippen LogP contribution in [0.3, 0.4) is 0 Å². The lowest BCUT2D eigenvalue weighted by atomic mass is 10.2. The predicted octanol–water partition coefficient (Wildman–Crippen LogP) is 2.97. The highest BCUT2D eigenvalue weighted by molar-refractivity contribution is 7.19. The molecule has 1 amide bonds. The lowest BCUT2D eigenvalue weighted by Gasteiger charge is -2.00. The summed E-state index contributed by atoms with van der Waals surface area (Å²) in [5, 5.41) is 4.44. The molecule has 0 saturated heterocycles. The fraction of sp³-hybridized carbons (Fsp3) is 0.182. The molecule has 0 aliphatic carbocycles. The second kappa shape index (κ2) is 4.41. The molecule has 0 unspecified atom stereocenters. The molecule has 3 nitrogen and oxygen atoms in total. The fourth-order valence-electron chi connectivity index (χ4n) is 1.53. The van der Waals surface area contributed by atoms with Gasteiger partial charge in [0.25, 0.3) is 0 Å². The third-order valence-electron chi connectivity index (χ3n) is 2.20. The van der Waals surface area contributed by atoms with Gasteiger partial charge in [-0.3, -0.25) is 4.79 Å². The van der Waals surface area contributed by atoms with Crippen molar-refractivity contribution in [3.05, 3.63) is 28.1 Å². The lowest BCUT2D eigenvalue weighted by molar-refractivity contribution is -0.114. The van der Waals surface area contributed by atoms with Crippen molar-refractivity contribution < 1.29 is 4.79 Å². The molecule has 2 rings (SSSR count). The van der Waals surface area contributed by atoms with Gasteiger partial charge in [0.15, 0.2) is 0 Å². The highest BCUT2D eigenvalue weighted by Crippen LogP contribution is 2.36. The Kier molecular flexibility index (Phi) is 3.14. The summed E-state index contributed by atoms with van der Waals surface area (Å²) in [6.45, 7) is 1.92. The standard InChI is InChI=1S/C11H11ClN2OS/c1-6(15)14-7-2-3-8-9(4-7)16-10(5-13)11(8)12/h2-4H,5,13H2,1H3,(H,14,15). The van der Waals surface area contributed by atoms with Crippen molar-refractivity contribution in [1.29, 1.82) is 0 Å². The van der Waals surface area contributed by atoms with Gasteiger partial charge in [-0.25, -0.2) is 0 Å². The predicted molar refractivity (Wildman–Crippen MR) is 69.0 cm³/mol. The summed E-state index contributed by atoms with van der Waals surface area (Å²) in [5.74, 6) is -0.0824. The van der Waals surface area contributed by atoms with Gasteiger partial charge in [-0.15, -0.1) is 11.3 Å². The van der Waals surface area contributed by atoms with E-state index in [1.165, 1.54) is 6.92 Å². The minimum atomic E-state index is -0.0824. The Bertz CT molecular complexity index is 550. The Labute approximate surface area is 102 Å². The highest BCUT2D eigenvalue weighted by Gasteiger charge is 2.09. The Hall–Kier alpha value is -1.10. The van der Waals surface area contributed by atoms with E-state index in [9.17, 15) is 4.79 Å². The van der Waals surface area contributed by atoms with Crippen molar-refractivity contribution in [2.45, 2.75) is 13.5 Å². The SMILES string of the molecule is CC(=O)Nc1ccc2c(Cl)c(CN)sc2c1. The zero-order valence-electron chi connectivity index (χ0n) is 8.71. The second-order valence-electron chi connectivity index (χ2n) is 3.44. The van der Waals surface area contributed by atoms with Crippen molar-refractivity contribution in [3.63, 3.8) is 0 Å².